The van der Waals surface area contributed by atoms with Crippen molar-refractivity contribution in [2.75, 3.05) is 0 Å². The molecule has 12 heavy (non-hydrogen) atoms. The molecule has 0 aromatic rings. The monoisotopic (exact) mass is 168 g/mol. The molecule has 1 fully saturated rings. The summed E-state index contributed by atoms with van der Waals surface area (Å²) in [5, 5.41) is 0. The van der Waals surface area contributed by atoms with Gasteiger partial charge in [0.1, 0.15) is 5.41 Å². The van der Waals surface area contributed by atoms with Gasteiger partial charge < -0.3 is 0 Å². The largest absolute Gasteiger partial charge is 0.298 e. The van der Waals surface area contributed by atoms with Gasteiger partial charge >= 0.3 is 0 Å². The van der Waals surface area contributed by atoms with E-state index in [0.717, 1.165) is 0 Å². The summed E-state index contributed by atoms with van der Waals surface area (Å²) >= 11 is 0. The molecule has 1 aliphatic rings. The SMILES string of the molecule is CC(=O)C1(C)C(=O)CCCC1=O. The van der Waals surface area contributed by atoms with E-state index in [1.165, 1.54) is 13.8 Å². The highest BCUT2D eigenvalue weighted by Gasteiger charge is 2.46. The number of carbonyl (C=O) groups is 3. The average Bonchev–Trinajstić information content (AvgIpc) is 1.99. The van der Waals surface area contributed by atoms with Gasteiger partial charge in [0, 0.05) is 12.8 Å². The van der Waals surface area contributed by atoms with Gasteiger partial charge in [-0.05, 0) is 20.3 Å². The van der Waals surface area contributed by atoms with Crippen molar-refractivity contribution in [2.24, 2.45) is 5.41 Å². The molecule has 1 saturated carbocycles. The van der Waals surface area contributed by atoms with Crippen LogP contribution in [-0.4, -0.2) is 17.3 Å². The summed E-state index contributed by atoms with van der Waals surface area (Å²) in [6, 6.07) is 0. The fourth-order valence-corrected chi connectivity index (χ4v) is 1.46. The molecule has 3 heteroatoms. The van der Waals surface area contributed by atoms with Crippen LogP contribution >= 0.6 is 0 Å². The van der Waals surface area contributed by atoms with Crippen LogP contribution in [0.25, 0.3) is 0 Å². The fraction of sp³-hybridized carbons (Fsp3) is 0.667. The van der Waals surface area contributed by atoms with Crippen molar-refractivity contribution in [3.63, 3.8) is 0 Å². The number of rotatable bonds is 1. The van der Waals surface area contributed by atoms with Crippen LogP contribution < -0.4 is 0 Å². The van der Waals surface area contributed by atoms with Gasteiger partial charge in [0.05, 0.1) is 0 Å². The summed E-state index contributed by atoms with van der Waals surface area (Å²) in [6.45, 7) is 2.75. The second kappa shape index (κ2) is 2.81. The summed E-state index contributed by atoms with van der Waals surface area (Å²) in [7, 11) is 0. The lowest BCUT2D eigenvalue weighted by atomic mass is 9.71. The van der Waals surface area contributed by atoms with E-state index >= 15 is 0 Å². The molecule has 0 aliphatic heterocycles. The maximum Gasteiger partial charge on any atom is 0.153 e. The standard InChI is InChI=1S/C9H12O3/c1-6(10)9(2)7(11)4-3-5-8(9)12/h3-5H2,1-2H3. The fourth-order valence-electron chi connectivity index (χ4n) is 1.46. The van der Waals surface area contributed by atoms with Crippen LogP contribution in [-0.2, 0) is 14.4 Å². The number of carbonyl (C=O) groups excluding carboxylic acids is 3. The van der Waals surface area contributed by atoms with E-state index in [0.29, 0.717) is 19.3 Å². The third-order valence-corrected chi connectivity index (χ3v) is 2.63. The minimum Gasteiger partial charge on any atom is -0.298 e. The molecular weight excluding hydrogens is 156 g/mol. The molecule has 0 aromatic carbocycles. The molecule has 0 saturated heterocycles. The topological polar surface area (TPSA) is 51.2 Å². The van der Waals surface area contributed by atoms with Crippen LogP contribution in [0, 0.1) is 5.41 Å². The molecule has 1 rings (SSSR count). The van der Waals surface area contributed by atoms with Gasteiger partial charge in [0.25, 0.3) is 0 Å². The highest BCUT2D eigenvalue weighted by atomic mass is 16.2. The van der Waals surface area contributed by atoms with Gasteiger partial charge in [-0.3, -0.25) is 14.4 Å². The Hall–Kier alpha value is -0.990. The van der Waals surface area contributed by atoms with Crippen LogP contribution in [0.4, 0.5) is 0 Å². The summed E-state index contributed by atoms with van der Waals surface area (Å²) in [6.07, 6.45) is 1.32. The first-order valence-corrected chi connectivity index (χ1v) is 4.07. The highest BCUT2D eigenvalue weighted by Crippen LogP contribution is 2.30. The van der Waals surface area contributed by atoms with Gasteiger partial charge in [-0.1, -0.05) is 0 Å². The van der Waals surface area contributed by atoms with E-state index in [2.05, 4.69) is 0 Å². The lowest BCUT2D eigenvalue weighted by Gasteiger charge is -2.27. The molecule has 0 unspecified atom stereocenters. The number of Topliss-reactive ketones (excluding diaryl/α,β-unsaturated/α-hetero) is 3. The zero-order chi connectivity index (χ0) is 9.35. The molecule has 0 heterocycles. The van der Waals surface area contributed by atoms with E-state index in [-0.39, 0.29) is 17.3 Å². The van der Waals surface area contributed by atoms with E-state index < -0.39 is 5.41 Å². The molecule has 3 nitrogen and oxygen atoms in total. The number of ketones is 3. The first-order valence-electron chi connectivity index (χ1n) is 4.07. The van der Waals surface area contributed by atoms with Gasteiger partial charge in [0.2, 0.25) is 0 Å². The Morgan fingerprint density at radius 2 is 1.67 bits per heavy atom. The lowest BCUT2D eigenvalue weighted by molar-refractivity contribution is -0.149. The predicted octanol–water partition coefficient (Wildman–Crippen LogP) is 0.904. The van der Waals surface area contributed by atoms with Gasteiger partial charge in [0.15, 0.2) is 17.3 Å². The first kappa shape index (κ1) is 9.10. The molecule has 0 N–H and O–H groups in total. The third kappa shape index (κ3) is 1.09. The first-order chi connectivity index (χ1) is 5.49. The van der Waals surface area contributed by atoms with Crippen LogP contribution in [0.3, 0.4) is 0 Å². The highest BCUT2D eigenvalue weighted by molar-refractivity contribution is 6.24. The zero-order valence-electron chi connectivity index (χ0n) is 7.35. The molecule has 0 atom stereocenters. The average molecular weight is 168 g/mol. The Morgan fingerprint density at radius 1 is 1.25 bits per heavy atom. The second-order valence-electron chi connectivity index (χ2n) is 3.38. The van der Waals surface area contributed by atoms with E-state index in [9.17, 15) is 14.4 Å². The van der Waals surface area contributed by atoms with Gasteiger partial charge in [-0.25, -0.2) is 0 Å². The van der Waals surface area contributed by atoms with Crippen LogP contribution in [0.2, 0.25) is 0 Å². The number of hydrogen-bond acceptors (Lipinski definition) is 3. The molecule has 0 spiro atoms. The predicted molar refractivity (Wildman–Crippen MR) is 42.7 cm³/mol. The van der Waals surface area contributed by atoms with E-state index in [4.69, 9.17) is 0 Å². The van der Waals surface area contributed by atoms with Gasteiger partial charge in [-0.2, -0.15) is 0 Å². The lowest BCUT2D eigenvalue weighted by Crippen LogP contribution is -2.45. The van der Waals surface area contributed by atoms with Gasteiger partial charge in [-0.15, -0.1) is 0 Å². The van der Waals surface area contributed by atoms with Crippen LogP contribution in [0.15, 0.2) is 0 Å². The van der Waals surface area contributed by atoms with Crippen LogP contribution in [0.1, 0.15) is 33.1 Å². The van der Waals surface area contributed by atoms with E-state index in [1.807, 2.05) is 0 Å². The van der Waals surface area contributed by atoms with Crippen molar-refractivity contribution >= 4 is 17.3 Å². The molecule has 0 bridgehead atoms. The summed E-state index contributed by atoms with van der Waals surface area (Å²) < 4.78 is 0. The number of hydrogen-bond donors (Lipinski definition) is 0. The Bertz CT molecular complexity index is 236. The molecule has 0 radical (unpaired) electrons. The quantitative estimate of drug-likeness (QED) is 0.547. The van der Waals surface area contributed by atoms with Crippen molar-refractivity contribution in [3.8, 4) is 0 Å². The van der Waals surface area contributed by atoms with Crippen LogP contribution in [0.5, 0.6) is 0 Å². The molecular formula is C9H12O3. The molecule has 0 aromatic heterocycles. The van der Waals surface area contributed by atoms with Crippen molar-refractivity contribution in [1.82, 2.24) is 0 Å². The minimum absolute atomic E-state index is 0.216. The normalized spacial score (nSPS) is 22.5. The van der Waals surface area contributed by atoms with E-state index in [1.54, 1.807) is 0 Å². The van der Waals surface area contributed by atoms with Crippen molar-refractivity contribution in [1.29, 1.82) is 0 Å². The minimum atomic E-state index is -1.32. The second-order valence-corrected chi connectivity index (χ2v) is 3.38. The smallest absolute Gasteiger partial charge is 0.153 e. The summed E-state index contributed by atoms with van der Waals surface area (Å²) in [5.41, 5.74) is -1.32. The Labute approximate surface area is 71.1 Å². The van der Waals surface area contributed by atoms with Crippen molar-refractivity contribution < 1.29 is 14.4 Å². The maximum atomic E-state index is 11.3. The summed E-state index contributed by atoms with van der Waals surface area (Å²) in [5.74, 6) is -0.755. The Kier molecular flexibility index (Phi) is 2.13. The van der Waals surface area contributed by atoms with Crippen molar-refractivity contribution in [3.05, 3.63) is 0 Å². The Morgan fingerprint density at radius 3 is 1.92 bits per heavy atom. The van der Waals surface area contributed by atoms with Crippen molar-refractivity contribution in [2.45, 2.75) is 33.1 Å². The maximum absolute atomic E-state index is 11.3. The summed E-state index contributed by atoms with van der Waals surface area (Å²) in [4.78, 5) is 33.8. The Balaban J connectivity index is 3.04. The third-order valence-electron chi connectivity index (χ3n) is 2.63. The zero-order valence-corrected chi connectivity index (χ0v) is 7.35. The molecule has 66 valence electrons. The molecule has 0 amide bonds. The molecule has 1 aliphatic carbocycles.